The quantitative estimate of drug-likeness (QED) is 0.593. The van der Waals surface area contributed by atoms with Crippen LogP contribution in [-0.4, -0.2) is 63.6 Å². The zero-order valence-electron chi connectivity index (χ0n) is 13.9. The molecule has 24 heavy (non-hydrogen) atoms. The Morgan fingerprint density at radius 1 is 1.46 bits per heavy atom. The van der Waals surface area contributed by atoms with E-state index in [2.05, 4.69) is 10.5 Å². The van der Waals surface area contributed by atoms with Crippen LogP contribution in [0, 0.1) is 0 Å². The van der Waals surface area contributed by atoms with Gasteiger partial charge < -0.3 is 14.2 Å². The molecule has 0 aromatic heterocycles. The summed E-state index contributed by atoms with van der Waals surface area (Å²) in [6.07, 6.45) is 1.52. The van der Waals surface area contributed by atoms with Crippen LogP contribution in [0.5, 0.6) is 11.5 Å². The van der Waals surface area contributed by atoms with Gasteiger partial charge in [-0.3, -0.25) is 9.69 Å². The van der Waals surface area contributed by atoms with Crippen LogP contribution in [0.2, 0.25) is 5.02 Å². The zero-order chi connectivity index (χ0) is 17.4. The second-order valence-corrected chi connectivity index (χ2v) is 5.56. The molecule has 1 amide bonds. The van der Waals surface area contributed by atoms with Crippen LogP contribution in [0.3, 0.4) is 0 Å². The molecule has 1 fully saturated rings. The Balaban J connectivity index is 1.93. The van der Waals surface area contributed by atoms with Gasteiger partial charge in [-0.2, -0.15) is 5.10 Å². The lowest BCUT2D eigenvalue weighted by Gasteiger charge is -2.25. The first-order valence-electron chi connectivity index (χ1n) is 7.76. The third-order valence-electron chi connectivity index (χ3n) is 3.41. The standard InChI is InChI=1S/C16H22ClN3O4/c1-3-24-16-13(17)8-12(9-14(16)22-2)10-18-19-15(21)11-20-4-6-23-7-5-20/h8-10H,3-7,11H2,1-2H3,(H,19,21)/b18-10-. The van der Waals surface area contributed by atoms with Gasteiger partial charge in [0.05, 0.1) is 44.7 Å². The Morgan fingerprint density at radius 2 is 2.21 bits per heavy atom. The predicted molar refractivity (Wildman–Crippen MR) is 92.2 cm³/mol. The molecule has 8 heteroatoms. The van der Waals surface area contributed by atoms with Gasteiger partial charge in [0.25, 0.3) is 5.91 Å². The molecule has 0 atom stereocenters. The highest BCUT2D eigenvalue weighted by molar-refractivity contribution is 6.32. The van der Waals surface area contributed by atoms with E-state index in [1.54, 1.807) is 19.2 Å². The molecule has 2 rings (SSSR count). The lowest BCUT2D eigenvalue weighted by atomic mass is 10.2. The summed E-state index contributed by atoms with van der Waals surface area (Å²) in [6, 6.07) is 3.45. The molecule has 1 saturated heterocycles. The van der Waals surface area contributed by atoms with Crippen LogP contribution in [0.15, 0.2) is 17.2 Å². The molecule has 1 aromatic rings. The zero-order valence-corrected chi connectivity index (χ0v) is 14.6. The third-order valence-corrected chi connectivity index (χ3v) is 3.69. The number of carbonyl (C=O) groups excluding carboxylic acids is 1. The van der Waals surface area contributed by atoms with Crippen molar-refractivity contribution in [3.05, 3.63) is 22.7 Å². The first-order valence-corrected chi connectivity index (χ1v) is 8.14. The average Bonchev–Trinajstić information content (AvgIpc) is 2.58. The lowest BCUT2D eigenvalue weighted by molar-refractivity contribution is -0.123. The van der Waals surface area contributed by atoms with E-state index in [0.29, 0.717) is 48.5 Å². The fraction of sp³-hybridized carbons (Fsp3) is 0.500. The SMILES string of the molecule is CCOc1c(Cl)cc(/C=N\NC(=O)CN2CCOCC2)cc1OC. The Labute approximate surface area is 146 Å². The maximum atomic E-state index is 11.9. The molecule has 0 unspecified atom stereocenters. The summed E-state index contributed by atoms with van der Waals surface area (Å²) >= 11 is 6.19. The molecule has 1 aliphatic heterocycles. The van der Waals surface area contributed by atoms with Crippen molar-refractivity contribution >= 4 is 23.7 Å². The van der Waals surface area contributed by atoms with Crippen LogP contribution in [0.25, 0.3) is 0 Å². The Kier molecular flexibility index (Phi) is 7.30. The van der Waals surface area contributed by atoms with E-state index in [9.17, 15) is 4.79 Å². The number of halogens is 1. The Hall–Kier alpha value is -1.83. The number of nitrogens with one attached hydrogen (secondary N) is 1. The molecule has 1 aliphatic rings. The van der Waals surface area contributed by atoms with E-state index in [0.717, 1.165) is 13.1 Å². The Bertz CT molecular complexity index is 589. The number of methoxy groups -OCH3 is 1. The second-order valence-electron chi connectivity index (χ2n) is 5.15. The number of rotatable bonds is 7. The predicted octanol–water partition coefficient (Wildman–Crippen LogP) is 1.53. The lowest BCUT2D eigenvalue weighted by Crippen LogP contribution is -2.42. The molecule has 0 radical (unpaired) electrons. The van der Waals surface area contributed by atoms with Crippen molar-refractivity contribution in [2.75, 3.05) is 46.6 Å². The van der Waals surface area contributed by atoms with Gasteiger partial charge in [-0.05, 0) is 24.6 Å². The number of morpholine rings is 1. The summed E-state index contributed by atoms with van der Waals surface area (Å²) in [7, 11) is 1.54. The van der Waals surface area contributed by atoms with Gasteiger partial charge in [-0.25, -0.2) is 5.43 Å². The fourth-order valence-corrected chi connectivity index (χ4v) is 2.55. The molecular weight excluding hydrogens is 334 g/mol. The molecular formula is C16H22ClN3O4. The van der Waals surface area contributed by atoms with E-state index in [1.165, 1.54) is 6.21 Å². The van der Waals surface area contributed by atoms with Crippen molar-refractivity contribution in [1.29, 1.82) is 0 Å². The highest BCUT2D eigenvalue weighted by atomic mass is 35.5. The van der Waals surface area contributed by atoms with E-state index in [4.69, 9.17) is 25.8 Å². The number of hydrazone groups is 1. The van der Waals surface area contributed by atoms with Crippen molar-refractivity contribution in [2.45, 2.75) is 6.92 Å². The number of hydrogen-bond donors (Lipinski definition) is 1. The molecule has 1 N–H and O–H groups in total. The minimum Gasteiger partial charge on any atom is -0.493 e. The monoisotopic (exact) mass is 355 g/mol. The van der Waals surface area contributed by atoms with Gasteiger partial charge in [-0.1, -0.05) is 11.6 Å². The molecule has 0 spiro atoms. The van der Waals surface area contributed by atoms with Crippen molar-refractivity contribution in [2.24, 2.45) is 5.10 Å². The van der Waals surface area contributed by atoms with Gasteiger partial charge in [0.2, 0.25) is 0 Å². The van der Waals surface area contributed by atoms with Gasteiger partial charge in [0.15, 0.2) is 11.5 Å². The van der Waals surface area contributed by atoms with Crippen molar-refractivity contribution < 1.29 is 19.0 Å². The van der Waals surface area contributed by atoms with Crippen molar-refractivity contribution in [3.63, 3.8) is 0 Å². The summed E-state index contributed by atoms with van der Waals surface area (Å²) in [6.45, 7) is 5.47. The minimum absolute atomic E-state index is 0.169. The number of ether oxygens (including phenoxy) is 3. The van der Waals surface area contributed by atoms with Gasteiger partial charge in [-0.15, -0.1) is 0 Å². The first kappa shape index (κ1) is 18.5. The number of amides is 1. The maximum Gasteiger partial charge on any atom is 0.254 e. The summed E-state index contributed by atoms with van der Waals surface area (Å²) in [5.41, 5.74) is 3.21. The molecule has 0 bridgehead atoms. The number of carbonyl (C=O) groups is 1. The molecule has 7 nitrogen and oxygen atoms in total. The summed E-state index contributed by atoms with van der Waals surface area (Å²) in [4.78, 5) is 13.9. The van der Waals surface area contributed by atoms with E-state index >= 15 is 0 Å². The number of benzene rings is 1. The van der Waals surface area contributed by atoms with Crippen LogP contribution in [0.4, 0.5) is 0 Å². The maximum absolute atomic E-state index is 11.9. The number of nitrogens with zero attached hydrogens (tertiary/aromatic N) is 2. The van der Waals surface area contributed by atoms with Crippen LogP contribution >= 0.6 is 11.6 Å². The second kappa shape index (κ2) is 9.46. The van der Waals surface area contributed by atoms with Gasteiger partial charge >= 0.3 is 0 Å². The summed E-state index contributed by atoms with van der Waals surface area (Å²) in [5.74, 6) is 0.845. The average molecular weight is 356 g/mol. The van der Waals surface area contributed by atoms with Crippen LogP contribution < -0.4 is 14.9 Å². The highest BCUT2D eigenvalue weighted by Crippen LogP contribution is 2.35. The first-order chi connectivity index (χ1) is 11.6. The highest BCUT2D eigenvalue weighted by Gasteiger charge is 2.14. The number of hydrogen-bond acceptors (Lipinski definition) is 6. The van der Waals surface area contributed by atoms with E-state index in [-0.39, 0.29) is 5.91 Å². The smallest absolute Gasteiger partial charge is 0.254 e. The van der Waals surface area contributed by atoms with Crippen molar-refractivity contribution in [1.82, 2.24) is 10.3 Å². The van der Waals surface area contributed by atoms with Crippen LogP contribution in [0.1, 0.15) is 12.5 Å². The van der Waals surface area contributed by atoms with Crippen molar-refractivity contribution in [3.8, 4) is 11.5 Å². The third kappa shape index (κ3) is 5.36. The summed E-state index contributed by atoms with van der Waals surface area (Å²) < 4.78 is 16.0. The molecule has 1 aromatic carbocycles. The topological polar surface area (TPSA) is 72.4 Å². The van der Waals surface area contributed by atoms with Crippen LogP contribution in [-0.2, 0) is 9.53 Å². The molecule has 132 valence electrons. The Morgan fingerprint density at radius 3 is 2.88 bits per heavy atom. The van der Waals surface area contributed by atoms with E-state index in [1.807, 2.05) is 11.8 Å². The molecule has 1 heterocycles. The molecule has 0 saturated carbocycles. The molecule has 0 aliphatic carbocycles. The fourth-order valence-electron chi connectivity index (χ4n) is 2.28. The normalized spacial score (nSPS) is 15.5. The van der Waals surface area contributed by atoms with Gasteiger partial charge in [0.1, 0.15) is 0 Å². The van der Waals surface area contributed by atoms with Gasteiger partial charge in [0, 0.05) is 13.1 Å². The summed E-state index contributed by atoms with van der Waals surface area (Å²) in [5, 5.41) is 4.39. The largest absolute Gasteiger partial charge is 0.493 e. The minimum atomic E-state index is -0.169. The van der Waals surface area contributed by atoms with E-state index < -0.39 is 0 Å².